The Balaban J connectivity index is 3.54. The molecular weight excluding hydrogens is 96.0 g/mol. The van der Waals surface area contributed by atoms with E-state index in [1.165, 1.54) is 6.92 Å². The molecule has 0 radical (unpaired) electrons. The number of hydrogen-bond donors (Lipinski definition) is 4. The molecule has 0 bridgehead atoms. The van der Waals surface area contributed by atoms with Crippen LogP contribution in [0.3, 0.4) is 0 Å². The third-order valence-corrected chi connectivity index (χ3v) is 0.670. The molecule has 0 saturated carbocycles. The molecule has 44 valence electrons. The van der Waals surface area contributed by atoms with Crippen LogP contribution in [0.15, 0.2) is 0 Å². The van der Waals surface area contributed by atoms with Gasteiger partial charge >= 0.3 is 0 Å². The van der Waals surface area contributed by atoms with Gasteiger partial charge in [-0.1, -0.05) is 0 Å². The van der Waals surface area contributed by atoms with Crippen molar-refractivity contribution in [3.8, 4) is 0 Å². The summed E-state index contributed by atoms with van der Waals surface area (Å²) in [6, 6.07) is -0.813. The van der Waals surface area contributed by atoms with Crippen LogP contribution in [0.2, 0.25) is 0 Å². The van der Waals surface area contributed by atoms with Crippen LogP contribution in [0.5, 0.6) is 0 Å². The molecule has 1 atom stereocenters. The summed E-state index contributed by atoms with van der Waals surface area (Å²) in [4.78, 5) is 0. The van der Waals surface area contributed by atoms with Crippen LogP contribution in [0, 0.1) is 0 Å². The second-order valence-electron chi connectivity index (χ2n) is 1.57. The van der Waals surface area contributed by atoms with Gasteiger partial charge in [0.1, 0.15) is 0 Å². The molecule has 7 heavy (non-hydrogen) atoms. The van der Waals surface area contributed by atoms with Crippen molar-refractivity contribution in [3.05, 3.63) is 0 Å². The fraction of sp³-hybridized carbons (Fsp3) is 1.00. The van der Waals surface area contributed by atoms with E-state index in [-0.39, 0.29) is 0 Å². The smallest absolute Gasteiger partial charge is 0.235 e. The van der Waals surface area contributed by atoms with Crippen molar-refractivity contribution in [2.45, 2.75) is 18.9 Å². The first-order chi connectivity index (χ1) is 2.94. The third kappa shape index (κ3) is 2.52. The quantitative estimate of drug-likeness (QED) is 0.289. The zero-order valence-electron chi connectivity index (χ0n) is 4.13. The van der Waals surface area contributed by atoms with Gasteiger partial charge in [0, 0.05) is 0 Å². The minimum absolute atomic E-state index is 0.813. The fourth-order valence-corrected chi connectivity index (χ4v) is 0. The van der Waals surface area contributed by atoms with Gasteiger partial charge in [-0.15, -0.1) is 0 Å². The molecule has 0 aliphatic rings. The van der Waals surface area contributed by atoms with Crippen LogP contribution < -0.4 is 11.5 Å². The highest BCUT2D eigenvalue weighted by Crippen LogP contribution is 1.90. The summed E-state index contributed by atoms with van der Waals surface area (Å²) in [5.41, 5.74) is 9.61. The number of hydrogen-bond acceptors (Lipinski definition) is 4. The Morgan fingerprint density at radius 2 is 1.71 bits per heavy atom. The van der Waals surface area contributed by atoms with Crippen LogP contribution in [0.4, 0.5) is 0 Å². The number of aliphatic hydroxyl groups is 2. The molecule has 0 fully saturated rings. The summed E-state index contributed by atoms with van der Waals surface area (Å²) in [5.74, 6) is -2.22. The van der Waals surface area contributed by atoms with Gasteiger partial charge in [-0.2, -0.15) is 0 Å². The van der Waals surface area contributed by atoms with Crippen LogP contribution in [-0.4, -0.2) is 22.2 Å². The van der Waals surface area contributed by atoms with Gasteiger partial charge in [0.05, 0.1) is 6.04 Å². The molecule has 1 unspecified atom stereocenters. The topological polar surface area (TPSA) is 92.5 Å². The monoisotopic (exact) mass is 106 g/mol. The van der Waals surface area contributed by atoms with Crippen LogP contribution in [0.1, 0.15) is 6.92 Å². The molecule has 0 spiro atoms. The minimum atomic E-state index is -2.22. The third-order valence-electron chi connectivity index (χ3n) is 0.670. The van der Waals surface area contributed by atoms with E-state index in [4.69, 9.17) is 15.9 Å². The molecule has 0 heterocycles. The van der Waals surface area contributed by atoms with Gasteiger partial charge in [0.2, 0.25) is 5.91 Å². The molecule has 0 aliphatic carbocycles. The predicted molar refractivity (Wildman–Crippen MR) is 25.0 cm³/mol. The maximum Gasteiger partial charge on any atom is 0.235 e. The summed E-state index contributed by atoms with van der Waals surface area (Å²) in [5, 5.41) is 16.6. The van der Waals surface area contributed by atoms with Gasteiger partial charge in [0.15, 0.2) is 0 Å². The van der Waals surface area contributed by atoms with Gasteiger partial charge in [0.25, 0.3) is 0 Å². The van der Waals surface area contributed by atoms with Gasteiger partial charge in [-0.05, 0) is 6.92 Å². The van der Waals surface area contributed by atoms with Crippen molar-refractivity contribution < 1.29 is 10.2 Å². The Bertz CT molecular complexity index is 56.4. The summed E-state index contributed by atoms with van der Waals surface area (Å²) in [7, 11) is 0. The maximum atomic E-state index is 8.30. The standard InChI is InChI=1S/C3H10N2O2/c1-2(4)3(5,6)7/h2,6-7H,4-5H2,1H3. The molecule has 6 N–H and O–H groups in total. The van der Waals surface area contributed by atoms with Crippen molar-refractivity contribution >= 4 is 0 Å². The highest BCUT2D eigenvalue weighted by Gasteiger charge is 2.20. The summed E-state index contributed by atoms with van der Waals surface area (Å²) in [6.45, 7) is 1.40. The van der Waals surface area contributed by atoms with E-state index in [0.29, 0.717) is 0 Å². The van der Waals surface area contributed by atoms with Gasteiger partial charge < -0.3 is 15.9 Å². The normalized spacial score (nSPS) is 16.7. The van der Waals surface area contributed by atoms with E-state index in [2.05, 4.69) is 5.73 Å². The van der Waals surface area contributed by atoms with Crippen molar-refractivity contribution in [2.24, 2.45) is 11.5 Å². The first kappa shape index (κ1) is 6.84. The Morgan fingerprint density at radius 3 is 1.71 bits per heavy atom. The van der Waals surface area contributed by atoms with Gasteiger partial charge in [-0.3, -0.25) is 5.73 Å². The SMILES string of the molecule is CC(N)C(N)(O)O. The van der Waals surface area contributed by atoms with E-state index in [0.717, 1.165) is 0 Å². The zero-order valence-corrected chi connectivity index (χ0v) is 4.13. The predicted octanol–water partition coefficient (Wildman–Crippen LogP) is -2.07. The molecule has 4 heteroatoms. The Hall–Kier alpha value is -0.160. The molecule has 0 rings (SSSR count). The lowest BCUT2D eigenvalue weighted by molar-refractivity contribution is -0.167. The maximum absolute atomic E-state index is 8.30. The zero-order chi connectivity index (χ0) is 6.08. The fourth-order valence-electron chi connectivity index (χ4n) is 0. The Labute approximate surface area is 41.7 Å². The van der Waals surface area contributed by atoms with E-state index in [1.807, 2.05) is 0 Å². The Kier molecular flexibility index (Phi) is 1.71. The van der Waals surface area contributed by atoms with E-state index < -0.39 is 12.0 Å². The van der Waals surface area contributed by atoms with E-state index in [1.54, 1.807) is 0 Å². The van der Waals surface area contributed by atoms with Crippen molar-refractivity contribution in [1.29, 1.82) is 0 Å². The average Bonchev–Trinajstić information content (AvgIpc) is 1.31. The van der Waals surface area contributed by atoms with Gasteiger partial charge in [-0.25, -0.2) is 0 Å². The number of nitrogens with two attached hydrogens (primary N) is 2. The largest absolute Gasteiger partial charge is 0.352 e. The molecule has 0 saturated heterocycles. The van der Waals surface area contributed by atoms with Crippen LogP contribution in [-0.2, 0) is 0 Å². The minimum Gasteiger partial charge on any atom is -0.352 e. The van der Waals surface area contributed by atoms with E-state index >= 15 is 0 Å². The van der Waals surface area contributed by atoms with Crippen LogP contribution in [0.25, 0.3) is 0 Å². The molecule has 4 nitrogen and oxygen atoms in total. The first-order valence-electron chi connectivity index (χ1n) is 1.94. The summed E-state index contributed by atoms with van der Waals surface area (Å²) < 4.78 is 0. The molecular formula is C3H10N2O2. The van der Waals surface area contributed by atoms with Crippen molar-refractivity contribution in [3.63, 3.8) is 0 Å². The Morgan fingerprint density at radius 1 is 1.57 bits per heavy atom. The first-order valence-corrected chi connectivity index (χ1v) is 1.94. The highest BCUT2D eigenvalue weighted by molar-refractivity contribution is 4.65. The van der Waals surface area contributed by atoms with E-state index in [9.17, 15) is 0 Å². The molecule has 0 aromatic heterocycles. The van der Waals surface area contributed by atoms with Crippen molar-refractivity contribution in [1.82, 2.24) is 0 Å². The lowest BCUT2D eigenvalue weighted by Crippen LogP contribution is -2.53. The summed E-state index contributed by atoms with van der Waals surface area (Å²) in [6.07, 6.45) is 0. The second-order valence-corrected chi connectivity index (χ2v) is 1.57. The molecule has 0 aromatic carbocycles. The molecule has 0 aliphatic heterocycles. The lowest BCUT2D eigenvalue weighted by Gasteiger charge is -2.18. The highest BCUT2D eigenvalue weighted by atomic mass is 16.5. The average molecular weight is 106 g/mol. The second kappa shape index (κ2) is 1.75. The lowest BCUT2D eigenvalue weighted by atomic mass is 10.3. The van der Waals surface area contributed by atoms with Crippen molar-refractivity contribution in [2.75, 3.05) is 0 Å². The molecule has 0 aromatic rings. The molecule has 0 amide bonds. The number of rotatable bonds is 1. The summed E-state index contributed by atoms with van der Waals surface area (Å²) >= 11 is 0. The van der Waals surface area contributed by atoms with Crippen LogP contribution >= 0.6 is 0 Å².